The quantitative estimate of drug-likeness (QED) is 0.637. The molecular weight excluding hydrogens is 329 g/mol. The van der Waals surface area contributed by atoms with Crippen LogP contribution in [0, 0.1) is 5.82 Å². The lowest BCUT2D eigenvalue weighted by Crippen LogP contribution is -2.26. The van der Waals surface area contributed by atoms with Crippen molar-refractivity contribution in [2.24, 2.45) is 0 Å². The summed E-state index contributed by atoms with van der Waals surface area (Å²) in [5, 5.41) is 4.84. The first-order valence-electron chi connectivity index (χ1n) is 7.77. The maximum atomic E-state index is 12.7. The van der Waals surface area contributed by atoms with Crippen LogP contribution < -0.4 is 10.1 Å². The molecule has 24 heavy (non-hydrogen) atoms. The first-order chi connectivity index (χ1) is 11.7. The summed E-state index contributed by atoms with van der Waals surface area (Å²) in [6.45, 7) is 1.15. The van der Waals surface area contributed by atoms with Gasteiger partial charge in [-0.2, -0.15) is 0 Å². The van der Waals surface area contributed by atoms with E-state index in [1.165, 1.54) is 12.1 Å². The third-order valence-electron chi connectivity index (χ3n) is 3.46. The van der Waals surface area contributed by atoms with Crippen LogP contribution in [0.3, 0.4) is 0 Å². The van der Waals surface area contributed by atoms with E-state index in [1.807, 2.05) is 22.2 Å². The molecule has 5 nitrogen and oxygen atoms in total. The summed E-state index contributed by atoms with van der Waals surface area (Å²) in [6, 6.07) is 5.95. The maximum Gasteiger partial charge on any atom is 0.226 e. The maximum absolute atomic E-state index is 12.7. The number of nitrogens with zero attached hydrogens (tertiary/aromatic N) is 2. The molecule has 0 saturated carbocycles. The first kappa shape index (κ1) is 16.4. The van der Waals surface area contributed by atoms with E-state index in [1.54, 1.807) is 23.5 Å². The van der Waals surface area contributed by atoms with E-state index in [0.29, 0.717) is 25.3 Å². The first-order valence-corrected chi connectivity index (χ1v) is 8.65. The van der Waals surface area contributed by atoms with Gasteiger partial charge in [-0.05, 0) is 37.1 Å². The monoisotopic (exact) mass is 347 g/mol. The molecule has 0 aliphatic heterocycles. The molecule has 2 aromatic heterocycles. The molecule has 0 aliphatic rings. The molecule has 0 aliphatic carbocycles. The van der Waals surface area contributed by atoms with Crippen LogP contribution in [0.4, 0.5) is 4.39 Å². The van der Waals surface area contributed by atoms with Crippen LogP contribution in [-0.4, -0.2) is 28.4 Å². The van der Waals surface area contributed by atoms with Gasteiger partial charge in [-0.25, -0.2) is 9.37 Å². The van der Waals surface area contributed by atoms with Crippen LogP contribution in [0.2, 0.25) is 0 Å². The standard InChI is InChI=1S/C17H18FN3O2S/c18-13-3-5-15(6-4-13)23-9-2-1-7-19-16(22)11-14-12-21-8-10-24-17(21)20-14/h3-6,8,10,12H,1-2,7,9,11H2,(H,19,22). The second-order valence-corrected chi connectivity index (χ2v) is 6.23. The summed E-state index contributed by atoms with van der Waals surface area (Å²) < 4.78 is 20.2. The number of hydrogen-bond donors (Lipinski definition) is 1. The number of imidazole rings is 1. The van der Waals surface area contributed by atoms with E-state index < -0.39 is 0 Å². The van der Waals surface area contributed by atoms with E-state index >= 15 is 0 Å². The molecule has 7 heteroatoms. The van der Waals surface area contributed by atoms with Gasteiger partial charge in [-0.1, -0.05) is 0 Å². The largest absolute Gasteiger partial charge is 0.494 e. The fourth-order valence-electron chi connectivity index (χ4n) is 2.26. The highest BCUT2D eigenvalue weighted by molar-refractivity contribution is 7.15. The minimum absolute atomic E-state index is 0.0276. The minimum atomic E-state index is -0.275. The Kier molecular flexibility index (Phi) is 5.43. The smallest absolute Gasteiger partial charge is 0.226 e. The zero-order chi connectivity index (χ0) is 16.8. The van der Waals surface area contributed by atoms with Crippen molar-refractivity contribution in [3.8, 4) is 5.75 Å². The third-order valence-corrected chi connectivity index (χ3v) is 4.23. The summed E-state index contributed by atoms with van der Waals surface area (Å²) in [7, 11) is 0. The number of carbonyl (C=O) groups excluding carboxylic acids is 1. The van der Waals surface area contributed by atoms with Crippen LogP contribution in [0.15, 0.2) is 42.0 Å². The van der Waals surface area contributed by atoms with Crippen molar-refractivity contribution >= 4 is 22.2 Å². The van der Waals surface area contributed by atoms with Gasteiger partial charge >= 0.3 is 0 Å². The summed E-state index contributed by atoms with van der Waals surface area (Å²) in [6.07, 6.45) is 5.74. The average Bonchev–Trinajstić information content (AvgIpc) is 3.13. The van der Waals surface area contributed by atoms with Crippen molar-refractivity contribution < 1.29 is 13.9 Å². The summed E-state index contributed by atoms with van der Waals surface area (Å²) in [5.74, 6) is 0.350. The number of carbonyl (C=O) groups is 1. The Hall–Kier alpha value is -2.41. The zero-order valence-electron chi connectivity index (χ0n) is 13.1. The van der Waals surface area contributed by atoms with Crippen LogP contribution >= 0.6 is 11.3 Å². The molecule has 126 valence electrons. The van der Waals surface area contributed by atoms with Crippen molar-refractivity contribution in [3.63, 3.8) is 0 Å². The lowest BCUT2D eigenvalue weighted by atomic mass is 10.3. The van der Waals surface area contributed by atoms with Gasteiger partial charge in [-0.3, -0.25) is 9.20 Å². The van der Waals surface area contributed by atoms with Crippen molar-refractivity contribution in [1.29, 1.82) is 0 Å². The van der Waals surface area contributed by atoms with E-state index in [-0.39, 0.29) is 11.7 Å². The second-order valence-electron chi connectivity index (χ2n) is 5.36. The Bertz CT molecular complexity index is 769. The van der Waals surface area contributed by atoms with Crippen molar-refractivity contribution in [1.82, 2.24) is 14.7 Å². The molecule has 0 bridgehead atoms. The van der Waals surface area contributed by atoms with Crippen LogP contribution in [-0.2, 0) is 11.2 Å². The molecule has 1 N–H and O–H groups in total. The van der Waals surface area contributed by atoms with Crippen LogP contribution in [0.5, 0.6) is 5.75 Å². The number of fused-ring (bicyclic) bond motifs is 1. The van der Waals surface area contributed by atoms with Gasteiger partial charge in [-0.15, -0.1) is 11.3 Å². The van der Waals surface area contributed by atoms with Gasteiger partial charge in [0.25, 0.3) is 0 Å². The average molecular weight is 347 g/mol. The summed E-state index contributed by atoms with van der Waals surface area (Å²) in [5.41, 5.74) is 0.777. The zero-order valence-corrected chi connectivity index (χ0v) is 13.9. The number of rotatable bonds is 8. The normalized spacial score (nSPS) is 10.9. The lowest BCUT2D eigenvalue weighted by Gasteiger charge is -2.07. The van der Waals surface area contributed by atoms with E-state index in [9.17, 15) is 9.18 Å². The number of benzene rings is 1. The topological polar surface area (TPSA) is 55.6 Å². The summed E-state index contributed by atoms with van der Waals surface area (Å²) in [4.78, 5) is 17.2. The molecule has 0 atom stereocenters. The number of nitrogens with one attached hydrogen (secondary N) is 1. The molecule has 2 heterocycles. The predicted octanol–water partition coefficient (Wildman–Crippen LogP) is 3.05. The molecule has 0 unspecified atom stereocenters. The van der Waals surface area contributed by atoms with Crippen molar-refractivity contribution in [2.75, 3.05) is 13.2 Å². The number of hydrogen-bond acceptors (Lipinski definition) is 4. The van der Waals surface area contributed by atoms with E-state index in [4.69, 9.17) is 4.74 Å². The molecular formula is C17H18FN3O2S. The van der Waals surface area contributed by atoms with Gasteiger partial charge in [0.15, 0.2) is 4.96 Å². The molecule has 0 spiro atoms. The number of thiazole rings is 1. The molecule has 0 fully saturated rings. The van der Waals surface area contributed by atoms with E-state index in [2.05, 4.69) is 10.3 Å². The summed E-state index contributed by atoms with van der Waals surface area (Å²) >= 11 is 1.55. The number of amides is 1. The Labute approximate surface area is 143 Å². The van der Waals surface area contributed by atoms with Gasteiger partial charge in [0.1, 0.15) is 11.6 Å². The number of unbranched alkanes of at least 4 members (excludes halogenated alkanes) is 1. The molecule has 1 aromatic carbocycles. The van der Waals surface area contributed by atoms with Crippen molar-refractivity contribution in [2.45, 2.75) is 19.3 Å². The predicted molar refractivity (Wildman–Crippen MR) is 90.9 cm³/mol. The van der Waals surface area contributed by atoms with E-state index in [0.717, 1.165) is 23.5 Å². The molecule has 0 saturated heterocycles. The lowest BCUT2D eigenvalue weighted by molar-refractivity contribution is -0.120. The van der Waals surface area contributed by atoms with Crippen LogP contribution in [0.25, 0.3) is 4.96 Å². The minimum Gasteiger partial charge on any atom is -0.494 e. The molecule has 0 radical (unpaired) electrons. The highest BCUT2D eigenvalue weighted by Gasteiger charge is 2.07. The second kappa shape index (κ2) is 7.92. The SMILES string of the molecule is O=C(Cc1cn2ccsc2n1)NCCCCOc1ccc(F)cc1. The Balaban J connectivity index is 1.29. The number of halogens is 1. The third kappa shape index (κ3) is 4.55. The number of ether oxygens (including phenoxy) is 1. The van der Waals surface area contributed by atoms with Gasteiger partial charge in [0.05, 0.1) is 18.7 Å². The molecule has 1 amide bonds. The van der Waals surface area contributed by atoms with Gasteiger partial charge in [0, 0.05) is 24.3 Å². The van der Waals surface area contributed by atoms with Crippen LogP contribution in [0.1, 0.15) is 18.5 Å². The Morgan fingerprint density at radius 2 is 2.12 bits per heavy atom. The van der Waals surface area contributed by atoms with Gasteiger partial charge < -0.3 is 10.1 Å². The fraction of sp³-hybridized carbons (Fsp3) is 0.294. The highest BCUT2D eigenvalue weighted by atomic mass is 32.1. The number of aromatic nitrogens is 2. The Morgan fingerprint density at radius 1 is 1.29 bits per heavy atom. The molecule has 3 rings (SSSR count). The van der Waals surface area contributed by atoms with Gasteiger partial charge in [0.2, 0.25) is 5.91 Å². The fourth-order valence-corrected chi connectivity index (χ4v) is 2.98. The Morgan fingerprint density at radius 3 is 2.92 bits per heavy atom. The van der Waals surface area contributed by atoms with Crippen molar-refractivity contribution in [3.05, 3.63) is 53.6 Å². The highest BCUT2D eigenvalue weighted by Crippen LogP contribution is 2.12. The molecule has 3 aromatic rings.